The van der Waals surface area contributed by atoms with Crippen molar-refractivity contribution >= 4 is 17.8 Å². The first-order valence-corrected chi connectivity index (χ1v) is 6.70. The third-order valence-corrected chi connectivity index (χ3v) is 2.91. The zero-order valence-corrected chi connectivity index (χ0v) is 10.7. The number of carbonyl (C=O) groups excluding carboxylic acids is 1. The second kappa shape index (κ2) is 8.65. The van der Waals surface area contributed by atoms with Gasteiger partial charge < -0.3 is 10.6 Å². The lowest BCUT2D eigenvalue weighted by atomic mass is 10.1. The van der Waals surface area contributed by atoms with Crippen molar-refractivity contribution in [3.05, 3.63) is 12.7 Å². The minimum atomic E-state index is -0.0785. The Morgan fingerprint density at radius 2 is 2.20 bits per heavy atom. The van der Waals surface area contributed by atoms with Gasteiger partial charge in [0.1, 0.15) is 0 Å². The summed E-state index contributed by atoms with van der Waals surface area (Å²) >= 11 is 1.73. The number of amides is 2. The molecule has 2 amide bonds. The lowest BCUT2D eigenvalue weighted by molar-refractivity contribution is 0.234. The highest BCUT2D eigenvalue weighted by molar-refractivity contribution is 7.98. The van der Waals surface area contributed by atoms with E-state index in [9.17, 15) is 4.79 Å². The summed E-state index contributed by atoms with van der Waals surface area (Å²) in [5.74, 6) is 0.936. The molecule has 0 aromatic heterocycles. The van der Waals surface area contributed by atoms with Crippen molar-refractivity contribution in [1.82, 2.24) is 10.6 Å². The molecule has 0 rings (SSSR count). The van der Waals surface area contributed by atoms with E-state index in [1.807, 2.05) is 19.3 Å². The second-order valence-corrected chi connectivity index (χ2v) is 4.51. The molecular formula is C11H22N2OS. The van der Waals surface area contributed by atoms with Crippen molar-refractivity contribution in [2.45, 2.75) is 38.8 Å². The van der Waals surface area contributed by atoms with E-state index in [0.717, 1.165) is 18.6 Å². The number of hydrogen-bond donors (Lipinski definition) is 2. The van der Waals surface area contributed by atoms with Crippen LogP contribution in [0.5, 0.6) is 0 Å². The Hall–Kier alpha value is -0.640. The topological polar surface area (TPSA) is 41.1 Å². The Balaban J connectivity index is 3.84. The van der Waals surface area contributed by atoms with Gasteiger partial charge in [0.2, 0.25) is 0 Å². The highest BCUT2D eigenvalue weighted by Crippen LogP contribution is 1.99. The number of thioether (sulfide) groups is 1. The molecule has 0 aromatic rings. The van der Waals surface area contributed by atoms with E-state index >= 15 is 0 Å². The van der Waals surface area contributed by atoms with Gasteiger partial charge in [0.25, 0.3) is 0 Å². The summed E-state index contributed by atoms with van der Waals surface area (Å²) in [6, 6.07) is 0.329. The lowest BCUT2D eigenvalue weighted by Gasteiger charge is -2.18. The third kappa shape index (κ3) is 7.31. The minimum absolute atomic E-state index is 0.0785. The van der Waals surface area contributed by atoms with Gasteiger partial charge in [-0.2, -0.15) is 11.8 Å². The summed E-state index contributed by atoms with van der Waals surface area (Å²) in [6.07, 6.45) is 5.61. The number of carbonyl (C=O) groups is 1. The molecule has 15 heavy (non-hydrogen) atoms. The molecule has 0 unspecified atom stereocenters. The first-order valence-electron chi connectivity index (χ1n) is 5.30. The average molecular weight is 230 g/mol. The first-order chi connectivity index (χ1) is 7.13. The molecule has 0 aliphatic heterocycles. The van der Waals surface area contributed by atoms with Crippen LogP contribution in [0.3, 0.4) is 0 Å². The molecule has 0 bridgehead atoms. The van der Waals surface area contributed by atoms with Gasteiger partial charge in [-0.05, 0) is 26.0 Å². The number of nitrogens with one attached hydrogen (secondary N) is 2. The van der Waals surface area contributed by atoms with Crippen LogP contribution in [0.4, 0.5) is 4.79 Å². The molecule has 0 saturated carbocycles. The van der Waals surface area contributed by atoms with Crippen LogP contribution < -0.4 is 10.6 Å². The molecule has 0 aliphatic carbocycles. The van der Waals surface area contributed by atoms with Crippen molar-refractivity contribution in [2.75, 3.05) is 12.0 Å². The molecule has 0 heterocycles. The maximum absolute atomic E-state index is 11.5. The van der Waals surface area contributed by atoms with Crippen LogP contribution in [0.2, 0.25) is 0 Å². The minimum Gasteiger partial charge on any atom is -0.335 e. The molecule has 0 aliphatic rings. The van der Waals surface area contributed by atoms with Crippen LogP contribution in [-0.4, -0.2) is 30.1 Å². The van der Waals surface area contributed by atoms with Crippen molar-refractivity contribution < 1.29 is 4.79 Å². The van der Waals surface area contributed by atoms with E-state index in [2.05, 4.69) is 24.1 Å². The van der Waals surface area contributed by atoms with Crippen LogP contribution >= 0.6 is 11.8 Å². The summed E-state index contributed by atoms with van der Waals surface area (Å²) in [4.78, 5) is 11.5. The van der Waals surface area contributed by atoms with E-state index in [0.29, 0.717) is 0 Å². The molecule has 0 radical (unpaired) electrons. The molecule has 0 aromatic carbocycles. The van der Waals surface area contributed by atoms with Crippen LogP contribution in [0.1, 0.15) is 26.7 Å². The highest BCUT2D eigenvalue weighted by Gasteiger charge is 2.10. The van der Waals surface area contributed by atoms with Crippen molar-refractivity contribution in [2.24, 2.45) is 0 Å². The van der Waals surface area contributed by atoms with E-state index < -0.39 is 0 Å². The molecule has 2 atom stereocenters. The molecular weight excluding hydrogens is 208 g/mol. The molecule has 0 fully saturated rings. The van der Waals surface area contributed by atoms with Gasteiger partial charge in [-0.25, -0.2) is 4.79 Å². The Morgan fingerprint density at radius 3 is 2.67 bits per heavy atom. The molecule has 3 nitrogen and oxygen atoms in total. The SMILES string of the molecule is C=CC[C@H](CC)NC(=O)N[C@@H](C)CSC. The summed E-state index contributed by atoms with van der Waals surface area (Å²) < 4.78 is 0. The second-order valence-electron chi connectivity index (χ2n) is 3.60. The predicted molar refractivity (Wildman–Crippen MR) is 68.4 cm³/mol. The number of rotatable bonds is 7. The summed E-state index contributed by atoms with van der Waals surface area (Å²) in [5, 5.41) is 5.83. The van der Waals surface area contributed by atoms with Crippen molar-refractivity contribution in [3.63, 3.8) is 0 Å². The molecule has 2 N–H and O–H groups in total. The Kier molecular flexibility index (Phi) is 8.28. The number of hydrogen-bond acceptors (Lipinski definition) is 2. The standard InChI is InChI=1S/C11H22N2OS/c1-5-7-10(6-2)13-11(14)12-9(3)8-15-4/h5,9-10H,1,6-8H2,2-4H3,(H2,12,13,14)/t9-,10-/m0/s1. The maximum atomic E-state index is 11.5. The van der Waals surface area contributed by atoms with Gasteiger partial charge in [0, 0.05) is 17.8 Å². The molecule has 0 saturated heterocycles. The Morgan fingerprint density at radius 1 is 1.53 bits per heavy atom. The van der Waals surface area contributed by atoms with Crippen molar-refractivity contribution in [3.8, 4) is 0 Å². The van der Waals surface area contributed by atoms with E-state index in [4.69, 9.17) is 0 Å². The Labute approximate surface area is 97.1 Å². The fraction of sp³-hybridized carbons (Fsp3) is 0.727. The molecule has 4 heteroatoms. The van der Waals surface area contributed by atoms with E-state index in [1.54, 1.807) is 11.8 Å². The quantitative estimate of drug-likeness (QED) is 0.659. The smallest absolute Gasteiger partial charge is 0.315 e. The number of urea groups is 1. The monoisotopic (exact) mass is 230 g/mol. The summed E-state index contributed by atoms with van der Waals surface area (Å²) in [5.41, 5.74) is 0. The average Bonchev–Trinajstić information content (AvgIpc) is 2.17. The van der Waals surface area contributed by atoms with Crippen LogP contribution in [0, 0.1) is 0 Å². The largest absolute Gasteiger partial charge is 0.335 e. The van der Waals surface area contributed by atoms with Crippen molar-refractivity contribution in [1.29, 1.82) is 0 Å². The van der Waals surface area contributed by atoms with Gasteiger partial charge in [-0.15, -0.1) is 6.58 Å². The molecule has 0 spiro atoms. The zero-order valence-electron chi connectivity index (χ0n) is 9.88. The zero-order chi connectivity index (χ0) is 11.7. The lowest BCUT2D eigenvalue weighted by Crippen LogP contribution is -2.45. The van der Waals surface area contributed by atoms with Gasteiger partial charge in [-0.1, -0.05) is 13.0 Å². The fourth-order valence-corrected chi connectivity index (χ4v) is 1.85. The van der Waals surface area contributed by atoms with E-state index in [1.165, 1.54) is 0 Å². The third-order valence-electron chi connectivity index (χ3n) is 2.07. The van der Waals surface area contributed by atoms with Gasteiger partial charge in [0.15, 0.2) is 0 Å². The summed E-state index contributed by atoms with van der Waals surface area (Å²) in [7, 11) is 0. The Bertz CT molecular complexity index is 197. The fourth-order valence-electron chi connectivity index (χ4n) is 1.27. The summed E-state index contributed by atoms with van der Waals surface area (Å²) in [6.45, 7) is 7.73. The van der Waals surface area contributed by atoms with Crippen LogP contribution in [0.25, 0.3) is 0 Å². The highest BCUT2D eigenvalue weighted by atomic mass is 32.2. The predicted octanol–water partition coefficient (Wildman–Crippen LogP) is 2.39. The maximum Gasteiger partial charge on any atom is 0.315 e. The van der Waals surface area contributed by atoms with Crippen LogP contribution in [0.15, 0.2) is 12.7 Å². The molecule has 88 valence electrons. The van der Waals surface area contributed by atoms with Crippen LogP contribution in [-0.2, 0) is 0 Å². The van der Waals surface area contributed by atoms with Gasteiger partial charge >= 0.3 is 6.03 Å². The van der Waals surface area contributed by atoms with Gasteiger partial charge in [-0.3, -0.25) is 0 Å². The van der Waals surface area contributed by atoms with E-state index in [-0.39, 0.29) is 18.1 Å². The first kappa shape index (κ1) is 14.4. The normalized spacial score (nSPS) is 14.1. The van der Waals surface area contributed by atoms with Gasteiger partial charge in [0.05, 0.1) is 0 Å².